The van der Waals surface area contributed by atoms with Crippen LogP contribution in [0.4, 0.5) is 0 Å². The van der Waals surface area contributed by atoms with E-state index >= 15 is 0 Å². The van der Waals surface area contributed by atoms with Crippen LogP contribution in [-0.2, 0) is 0 Å². The van der Waals surface area contributed by atoms with Gasteiger partial charge in [-0.15, -0.1) is 0 Å². The Bertz CT molecular complexity index is 199. The van der Waals surface area contributed by atoms with Crippen molar-refractivity contribution in [2.24, 2.45) is 23.7 Å². The predicted octanol–water partition coefficient (Wildman–Crippen LogP) is 3.84. The van der Waals surface area contributed by atoms with Crippen LogP contribution in [-0.4, -0.2) is 12.6 Å². The van der Waals surface area contributed by atoms with Crippen LogP contribution in [0.3, 0.4) is 0 Å². The minimum atomic E-state index is 0.834. The molecule has 0 aromatic rings. The number of fused-ring (bicyclic) bond motifs is 1. The summed E-state index contributed by atoms with van der Waals surface area (Å²) in [5.41, 5.74) is 0. The van der Waals surface area contributed by atoms with Crippen molar-refractivity contribution >= 4 is 0 Å². The molecule has 0 amide bonds. The minimum absolute atomic E-state index is 0.834. The largest absolute Gasteiger partial charge is 0.314 e. The first-order valence-electron chi connectivity index (χ1n) is 7.47. The van der Waals surface area contributed by atoms with Gasteiger partial charge in [-0.25, -0.2) is 0 Å². The van der Waals surface area contributed by atoms with E-state index in [0.717, 1.165) is 36.3 Å². The lowest BCUT2D eigenvalue weighted by Crippen LogP contribution is -2.32. The number of hydrogen-bond donors (Lipinski definition) is 1. The second kappa shape index (κ2) is 5.53. The average molecular weight is 223 g/mol. The summed E-state index contributed by atoms with van der Waals surface area (Å²) in [4.78, 5) is 0. The fourth-order valence-electron chi connectivity index (χ4n) is 3.85. The first-order valence-corrected chi connectivity index (χ1v) is 7.47. The molecule has 3 atom stereocenters. The Hall–Kier alpha value is -0.0400. The zero-order chi connectivity index (χ0) is 11.5. The molecule has 0 aromatic carbocycles. The maximum atomic E-state index is 3.76. The maximum absolute atomic E-state index is 3.76. The van der Waals surface area contributed by atoms with Crippen molar-refractivity contribution in [3.05, 3.63) is 0 Å². The lowest BCUT2D eigenvalue weighted by Gasteiger charge is -2.19. The number of hydrogen-bond acceptors (Lipinski definition) is 1. The summed E-state index contributed by atoms with van der Waals surface area (Å²) in [6, 6.07) is 0.834. The van der Waals surface area contributed by atoms with Crippen molar-refractivity contribution in [2.75, 3.05) is 6.54 Å². The van der Waals surface area contributed by atoms with Crippen molar-refractivity contribution in [3.8, 4) is 0 Å². The summed E-state index contributed by atoms with van der Waals surface area (Å²) < 4.78 is 0. The Balaban J connectivity index is 1.82. The zero-order valence-electron chi connectivity index (χ0n) is 11.3. The standard InChI is InChI=1S/C15H29N/c1-4-16-14(10-9-11(2)3)15-12-7-5-6-8-13(12)15/h11-16H,4-10H2,1-3H3. The molecule has 3 unspecified atom stereocenters. The molecule has 0 spiro atoms. The SMILES string of the molecule is CCNC(CCC(C)C)C1C2CCCCC21. The van der Waals surface area contributed by atoms with E-state index in [0.29, 0.717) is 0 Å². The van der Waals surface area contributed by atoms with E-state index in [4.69, 9.17) is 0 Å². The van der Waals surface area contributed by atoms with Crippen LogP contribution in [0.15, 0.2) is 0 Å². The summed E-state index contributed by atoms with van der Waals surface area (Å²) in [5.74, 6) is 4.11. The molecule has 0 radical (unpaired) electrons. The Morgan fingerprint density at radius 1 is 1.06 bits per heavy atom. The minimum Gasteiger partial charge on any atom is -0.314 e. The average Bonchev–Trinajstić information content (AvgIpc) is 2.98. The van der Waals surface area contributed by atoms with E-state index in [9.17, 15) is 0 Å². The third-order valence-corrected chi connectivity index (χ3v) is 4.71. The Morgan fingerprint density at radius 2 is 1.69 bits per heavy atom. The molecule has 1 nitrogen and oxygen atoms in total. The third kappa shape index (κ3) is 2.80. The van der Waals surface area contributed by atoms with Gasteiger partial charge in [0.1, 0.15) is 0 Å². The van der Waals surface area contributed by atoms with Crippen molar-refractivity contribution in [3.63, 3.8) is 0 Å². The lowest BCUT2D eigenvalue weighted by molar-refractivity contribution is 0.380. The van der Waals surface area contributed by atoms with Crippen LogP contribution in [0.1, 0.15) is 59.3 Å². The highest BCUT2D eigenvalue weighted by molar-refractivity contribution is 5.04. The number of nitrogens with one attached hydrogen (secondary N) is 1. The van der Waals surface area contributed by atoms with Crippen LogP contribution < -0.4 is 5.32 Å². The monoisotopic (exact) mass is 223 g/mol. The van der Waals surface area contributed by atoms with E-state index in [1.807, 2.05) is 0 Å². The van der Waals surface area contributed by atoms with Gasteiger partial charge in [0.25, 0.3) is 0 Å². The Labute approximate surface area is 101 Å². The molecule has 2 aliphatic rings. The highest BCUT2D eigenvalue weighted by Gasteiger charge is 2.53. The fraction of sp³-hybridized carbons (Fsp3) is 1.00. The van der Waals surface area contributed by atoms with Gasteiger partial charge in [-0.3, -0.25) is 0 Å². The summed E-state index contributed by atoms with van der Waals surface area (Å²) in [7, 11) is 0. The lowest BCUT2D eigenvalue weighted by atomic mass is 9.98. The van der Waals surface area contributed by atoms with E-state index in [1.165, 1.54) is 38.5 Å². The molecule has 0 bridgehead atoms. The molecule has 0 saturated heterocycles. The molecule has 2 rings (SSSR count). The fourth-order valence-corrected chi connectivity index (χ4v) is 3.85. The Morgan fingerprint density at radius 3 is 2.19 bits per heavy atom. The van der Waals surface area contributed by atoms with Crippen molar-refractivity contribution in [1.29, 1.82) is 0 Å². The van der Waals surface area contributed by atoms with Gasteiger partial charge in [-0.2, -0.15) is 0 Å². The van der Waals surface area contributed by atoms with Gasteiger partial charge < -0.3 is 5.32 Å². The van der Waals surface area contributed by atoms with Crippen LogP contribution in [0.5, 0.6) is 0 Å². The molecule has 0 aromatic heterocycles. The van der Waals surface area contributed by atoms with E-state index in [-0.39, 0.29) is 0 Å². The summed E-state index contributed by atoms with van der Waals surface area (Å²) in [6.45, 7) is 8.11. The zero-order valence-corrected chi connectivity index (χ0v) is 11.3. The second-order valence-corrected chi connectivity index (χ2v) is 6.32. The highest BCUT2D eigenvalue weighted by Crippen LogP contribution is 2.57. The summed E-state index contributed by atoms with van der Waals surface area (Å²) in [6.07, 6.45) is 8.86. The van der Waals surface area contributed by atoms with Gasteiger partial charge in [-0.05, 0) is 55.9 Å². The first-order chi connectivity index (χ1) is 7.74. The van der Waals surface area contributed by atoms with Gasteiger partial charge in [0.2, 0.25) is 0 Å². The topological polar surface area (TPSA) is 12.0 Å². The highest BCUT2D eigenvalue weighted by atomic mass is 14.9. The normalized spacial score (nSPS) is 34.9. The molecule has 16 heavy (non-hydrogen) atoms. The summed E-state index contributed by atoms with van der Waals surface area (Å²) >= 11 is 0. The van der Waals surface area contributed by atoms with Gasteiger partial charge in [0, 0.05) is 6.04 Å². The smallest absolute Gasteiger partial charge is 0.0101 e. The molecule has 2 fully saturated rings. The van der Waals surface area contributed by atoms with Crippen molar-refractivity contribution in [1.82, 2.24) is 5.32 Å². The summed E-state index contributed by atoms with van der Waals surface area (Å²) in [5, 5.41) is 3.76. The molecular formula is C15H29N. The van der Waals surface area contributed by atoms with Crippen LogP contribution in [0.25, 0.3) is 0 Å². The maximum Gasteiger partial charge on any atom is 0.0101 e. The first kappa shape index (κ1) is 12.4. The number of rotatable bonds is 6. The van der Waals surface area contributed by atoms with E-state index in [2.05, 4.69) is 26.1 Å². The molecule has 94 valence electrons. The van der Waals surface area contributed by atoms with Crippen molar-refractivity contribution < 1.29 is 0 Å². The quantitative estimate of drug-likeness (QED) is 0.721. The third-order valence-electron chi connectivity index (χ3n) is 4.71. The second-order valence-electron chi connectivity index (χ2n) is 6.32. The van der Waals surface area contributed by atoms with Crippen LogP contribution in [0.2, 0.25) is 0 Å². The molecule has 1 N–H and O–H groups in total. The van der Waals surface area contributed by atoms with E-state index in [1.54, 1.807) is 0 Å². The van der Waals surface area contributed by atoms with Gasteiger partial charge in [-0.1, -0.05) is 33.6 Å². The van der Waals surface area contributed by atoms with Gasteiger partial charge >= 0.3 is 0 Å². The Kier molecular flexibility index (Phi) is 4.29. The van der Waals surface area contributed by atoms with Gasteiger partial charge in [0.15, 0.2) is 0 Å². The molecular weight excluding hydrogens is 194 g/mol. The molecule has 0 aliphatic heterocycles. The molecule has 2 saturated carbocycles. The van der Waals surface area contributed by atoms with Crippen LogP contribution in [0, 0.1) is 23.7 Å². The van der Waals surface area contributed by atoms with Gasteiger partial charge in [0.05, 0.1) is 0 Å². The van der Waals surface area contributed by atoms with Crippen molar-refractivity contribution in [2.45, 2.75) is 65.3 Å². The molecule has 0 heterocycles. The molecule has 1 heteroatoms. The van der Waals surface area contributed by atoms with Crippen LogP contribution >= 0.6 is 0 Å². The predicted molar refractivity (Wildman–Crippen MR) is 70.5 cm³/mol. The van der Waals surface area contributed by atoms with E-state index < -0.39 is 0 Å². The molecule has 2 aliphatic carbocycles.